The summed E-state index contributed by atoms with van der Waals surface area (Å²) in [7, 11) is 1.67. The van der Waals surface area contributed by atoms with Crippen LogP contribution in [0.3, 0.4) is 0 Å². The molecule has 2 aromatic rings. The minimum atomic E-state index is -4.49. The van der Waals surface area contributed by atoms with Crippen molar-refractivity contribution in [1.82, 2.24) is 24.8 Å². The van der Waals surface area contributed by atoms with E-state index in [1.807, 2.05) is 0 Å². The number of halogens is 4. The summed E-state index contributed by atoms with van der Waals surface area (Å²) >= 11 is 5.90. The Labute approximate surface area is 141 Å². The lowest BCUT2D eigenvalue weighted by molar-refractivity contribution is -0.137. The third kappa shape index (κ3) is 3.26. The van der Waals surface area contributed by atoms with Crippen molar-refractivity contribution in [2.75, 3.05) is 20.1 Å². The zero-order chi connectivity index (χ0) is 17.3. The molecule has 0 spiro atoms. The van der Waals surface area contributed by atoms with Crippen molar-refractivity contribution in [3.63, 3.8) is 0 Å². The molecule has 1 saturated heterocycles. The van der Waals surface area contributed by atoms with Crippen molar-refractivity contribution < 1.29 is 13.2 Å². The first-order valence-electron chi connectivity index (χ1n) is 7.46. The first-order chi connectivity index (χ1) is 11.4. The van der Waals surface area contributed by atoms with E-state index in [-0.39, 0.29) is 17.2 Å². The predicted molar refractivity (Wildman–Crippen MR) is 84.0 cm³/mol. The Balaban J connectivity index is 1.85. The molecule has 10 heteroatoms. The zero-order valence-corrected chi connectivity index (χ0v) is 13.7. The number of rotatable bonds is 2. The monoisotopic (exact) mass is 360 g/mol. The predicted octanol–water partition coefficient (Wildman–Crippen LogP) is 2.57. The third-order valence-electron chi connectivity index (χ3n) is 3.88. The van der Waals surface area contributed by atoms with Gasteiger partial charge in [0.2, 0.25) is 0 Å². The molecule has 1 aliphatic heterocycles. The third-order valence-corrected chi connectivity index (χ3v) is 4.16. The van der Waals surface area contributed by atoms with E-state index in [0.29, 0.717) is 11.8 Å². The van der Waals surface area contributed by atoms with Crippen LogP contribution in [0.1, 0.15) is 24.2 Å². The maximum absolute atomic E-state index is 13.0. The summed E-state index contributed by atoms with van der Waals surface area (Å²) in [4.78, 5) is 6.29. The summed E-state index contributed by atoms with van der Waals surface area (Å²) in [6, 6.07) is 0.853. The number of aliphatic imine (C=N–C) groups is 1. The Morgan fingerprint density at radius 3 is 2.67 bits per heavy atom. The smallest absolute Gasteiger partial charge is 0.349 e. The maximum atomic E-state index is 13.0. The summed E-state index contributed by atoms with van der Waals surface area (Å²) < 4.78 is 40.1. The summed E-state index contributed by atoms with van der Waals surface area (Å²) in [6.45, 7) is 2.01. The quantitative estimate of drug-likeness (QED) is 0.660. The van der Waals surface area contributed by atoms with Crippen molar-refractivity contribution in [1.29, 1.82) is 0 Å². The van der Waals surface area contributed by atoms with Gasteiger partial charge in [-0.25, -0.2) is 0 Å². The molecule has 3 heterocycles. The van der Waals surface area contributed by atoms with Gasteiger partial charge in [-0.05, 0) is 18.9 Å². The van der Waals surface area contributed by atoms with Gasteiger partial charge in [0.1, 0.15) is 0 Å². The molecule has 0 aliphatic carbocycles. The minimum Gasteiger partial charge on any atom is -0.349 e. The normalized spacial score (nSPS) is 16.2. The van der Waals surface area contributed by atoms with Gasteiger partial charge in [-0.15, -0.1) is 10.2 Å². The molecule has 1 aliphatic rings. The Morgan fingerprint density at radius 2 is 2.04 bits per heavy atom. The molecule has 1 fully saturated rings. The number of likely N-dealkylation sites (tertiary alicyclic amines) is 1. The van der Waals surface area contributed by atoms with Crippen molar-refractivity contribution in [3.05, 3.63) is 28.7 Å². The molecule has 0 unspecified atom stereocenters. The molecule has 0 amide bonds. The summed E-state index contributed by atoms with van der Waals surface area (Å²) in [5.41, 5.74) is -0.650. The van der Waals surface area contributed by atoms with Crippen molar-refractivity contribution >= 4 is 23.2 Å². The van der Waals surface area contributed by atoms with Crippen LogP contribution in [0, 0.1) is 0 Å². The number of pyridine rings is 1. The van der Waals surface area contributed by atoms with E-state index >= 15 is 0 Å². The molecule has 0 saturated carbocycles. The molecular formula is C14H16ClF3N6. The Hall–Kier alpha value is -2.03. The molecule has 24 heavy (non-hydrogen) atoms. The molecule has 0 radical (unpaired) electrons. The van der Waals surface area contributed by atoms with E-state index < -0.39 is 11.7 Å². The first kappa shape index (κ1) is 16.8. The van der Waals surface area contributed by atoms with Gasteiger partial charge in [0.05, 0.1) is 17.1 Å². The van der Waals surface area contributed by atoms with Crippen molar-refractivity contribution in [2.24, 2.45) is 4.99 Å². The van der Waals surface area contributed by atoms with Gasteiger partial charge in [-0.2, -0.15) is 13.2 Å². The highest BCUT2D eigenvalue weighted by Gasteiger charge is 2.32. The van der Waals surface area contributed by atoms with Gasteiger partial charge in [-0.3, -0.25) is 9.39 Å². The second-order valence-corrected chi connectivity index (χ2v) is 5.89. The van der Waals surface area contributed by atoms with Crippen LogP contribution in [-0.4, -0.2) is 45.6 Å². The summed E-state index contributed by atoms with van der Waals surface area (Å²) in [5, 5.41) is 10.8. The minimum absolute atomic E-state index is 0.0903. The van der Waals surface area contributed by atoms with E-state index in [1.165, 1.54) is 4.40 Å². The fraction of sp³-hybridized carbons (Fsp3) is 0.500. The summed E-state index contributed by atoms with van der Waals surface area (Å²) in [6.07, 6.45) is -1.34. The van der Waals surface area contributed by atoms with E-state index in [9.17, 15) is 13.2 Å². The highest BCUT2D eigenvalue weighted by atomic mass is 35.5. The van der Waals surface area contributed by atoms with E-state index in [1.54, 1.807) is 7.05 Å². The van der Waals surface area contributed by atoms with Crippen LogP contribution in [0.25, 0.3) is 5.65 Å². The van der Waals surface area contributed by atoms with Crippen LogP contribution in [0.5, 0.6) is 0 Å². The van der Waals surface area contributed by atoms with Crippen LogP contribution < -0.4 is 5.32 Å². The first-order valence-corrected chi connectivity index (χ1v) is 7.84. The average molecular weight is 361 g/mol. The maximum Gasteiger partial charge on any atom is 0.417 e. The van der Waals surface area contributed by atoms with Gasteiger partial charge in [-0.1, -0.05) is 11.6 Å². The number of hydrogen-bond donors (Lipinski definition) is 1. The number of nitrogens with one attached hydrogen (secondary N) is 1. The van der Waals surface area contributed by atoms with E-state index in [4.69, 9.17) is 11.6 Å². The van der Waals surface area contributed by atoms with E-state index in [2.05, 4.69) is 25.4 Å². The topological polar surface area (TPSA) is 57.8 Å². The fourth-order valence-corrected chi connectivity index (χ4v) is 2.94. The Bertz CT molecular complexity index is 764. The number of aromatic nitrogens is 3. The second-order valence-electron chi connectivity index (χ2n) is 5.48. The number of hydrogen-bond acceptors (Lipinski definition) is 3. The van der Waals surface area contributed by atoms with Crippen LogP contribution in [0.4, 0.5) is 13.2 Å². The molecular weight excluding hydrogens is 345 g/mol. The number of guanidine groups is 1. The number of fused-ring (bicyclic) bond motifs is 1. The molecule has 1 N–H and O–H groups in total. The molecule has 6 nitrogen and oxygen atoms in total. The number of alkyl halides is 3. The molecule has 2 aromatic heterocycles. The van der Waals surface area contributed by atoms with Crippen LogP contribution in [0.2, 0.25) is 5.02 Å². The standard InChI is InChI=1S/C14H16ClF3N6/c1-19-13(23-4-2-3-5-23)20-7-11-21-22-12-10(15)6-9(8-24(11)12)14(16,17)18/h6,8H,2-5,7H2,1H3,(H,19,20). The van der Waals surface area contributed by atoms with Crippen LogP contribution in [-0.2, 0) is 12.7 Å². The lowest BCUT2D eigenvalue weighted by Gasteiger charge is -2.20. The van der Waals surface area contributed by atoms with Gasteiger partial charge in [0.25, 0.3) is 0 Å². The van der Waals surface area contributed by atoms with Gasteiger partial charge in [0.15, 0.2) is 17.4 Å². The van der Waals surface area contributed by atoms with Gasteiger partial charge >= 0.3 is 6.18 Å². The van der Waals surface area contributed by atoms with Crippen LogP contribution >= 0.6 is 11.6 Å². The van der Waals surface area contributed by atoms with Gasteiger partial charge < -0.3 is 10.2 Å². The molecule has 0 bridgehead atoms. The molecule has 0 atom stereocenters. The number of nitrogens with zero attached hydrogens (tertiary/aromatic N) is 5. The highest BCUT2D eigenvalue weighted by Crippen LogP contribution is 2.32. The lowest BCUT2D eigenvalue weighted by atomic mass is 10.3. The Kier molecular flexibility index (Phi) is 4.53. The van der Waals surface area contributed by atoms with Crippen LogP contribution in [0.15, 0.2) is 17.3 Å². The highest BCUT2D eigenvalue weighted by molar-refractivity contribution is 6.33. The fourth-order valence-electron chi connectivity index (χ4n) is 2.69. The molecule has 0 aromatic carbocycles. The molecule has 130 valence electrons. The lowest BCUT2D eigenvalue weighted by Crippen LogP contribution is -2.39. The summed E-state index contributed by atoms with van der Waals surface area (Å²) in [5.74, 6) is 1.03. The van der Waals surface area contributed by atoms with Crippen molar-refractivity contribution in [2.45, 2.75) is 25.6 Å². The zero-order valence-electron chi connectivity index (χ0n) is 12.9. The largest absolute Gasteiger partial charge is 0.417 e. The van der Waals surface area contributed by atoms with Crippen molar-refractivity contribution in [3.8, 4) is 0 Å². The SMILES string of the molecule is CN=C(NCc1nnc2c(Cl)cc(C(F)(F)F)cn12)N1CCCC1. The van der Waals surface area contributed by atoms with E-state index in [0.717, 1.165) is 38.2 Å². The average Bonchev–Trinajstić information content (AvgIpc) is 3.17. The molecule has 3 rings (SSSR count). The van der Waals surface area contributed by atoms with Gasteiger partial charge in [0, 0.05) is 26.3 Å². The second kappa shape index (κ2) is 6.46. The Morgan fingerprint density at radius 1 is 1.33 bits per heavy atom.